The van der Waals surface area contributed by atoms with Crippen LogP contribution >= 0.6 is 31.9 Å². The summed E-state index contributed by atoms with van der Waals surface area (Å²) in [5, 5.41) is 0. The Bertz CT molecular complexity index is 560. The van der Waals surface area contributed by atoms with Gasteiger partial charge in [0, 0.05) is 22.0 Å². The minimum atomic E-state index is -3.39. The average Bonchev–Trinajstić information content (AvgIpc) is 2.82. The summed E-state index contributed by atoms with van der Waals surface area (Å²) in [6.45, 7) is 3.42. The Morgan fingerprint density at radius 3 is 2.79 bits per heavy atom. The number of nitrogens with zero attached hydrogens (tertiary/aromatic N) is 1. The van der Waals surface area contributed by atoms with E-state index in [9.17, 15) is 8.42 Å². The molecule has 0 aromatic heterocycles. The van der Waals surface area contributed by atoms with E-state index in [2.05, 4.69) is 38.8 Å². The molecule has 6 heteroatoms. The van der Waals surface area contributed by atoms with Crippen molar-refractivity contribution in [2.75, 3.05) is 13.1 Å². The zero-order valence-corrected chi connectivity index (χ0v) is 14.8. The quantitative estimate of drug-likeness (QED) is 0.751. The van der Waals surface area contributed by atoms with Crippen LogP contribution in [0.4, 0.5) is 0 Å². The van der Waals surface area contributed by atoms with Crippen LogP contribution in [0.2, 0.25) is 0 Å². The highest BCUT2D eigenvalue weighted by Crippen LogP contribution is 2.32. The van der Waals surface area contributed by atoms with E-state index in [1.165, 1.54) is 0 Å². The second-order valence-corrected chi connectivity index (χ2v) is 8.56. The second-order valence-electron chi connectivity index (χ2n) is 4.88. The van der Waals surface area contributed by atoms with E-state index in [1.807, 2.05) is 6.07 Å². The van der Waals surface area contributed by atoms with Crippen LogP contribution in [0.1, 0.15) is 26.2 Å². The Morgan fingerprint density at radius 1 is 1.37 bits per heavy atom. The normalized spacial score (nSPS) is 20.9. The van der Waals surface area contributed by atoms with E-state index in [4.69, 9.17) is 0 Å². The SMILES string of the molecule is CCCC1CCN(S(=O)(=O)c2cc(Br)ccc2Br)C1. The van der Waals surface area contributed by atoms with E-state index in [1.54, 1.807) is 16.4 Å². The zero-order valence-electron chi connectivity index (χ0n) is 10.8. The molecule has 106 valence electrons. The van der Waals surface area contributed by atoms with Gasteiger partial charge in [-0.25, -0.2) is 8.42 Å². The van der Waals surface area contributed by atoms with Crippen molar-refractivity contribution in [2.45, 2.75) is 31.1 Å². The lowest BCUT2D eigenvalue weighted by molar-refractivity contribution is 0.444. The van der Waals surface area contributed by atoms with Gasteiger partial charge in [-0.05, 0) is 52.9 Å². The molecule has 0 amide bonds. The van der Waals surface area contributed by atoms with E-state index in [0.29, 0.717) is 28.4 Å². The predicted octanol–water partition coefficient (Wildman–Crippen LogP) is 4.02. The van der Waals surface area contributed by atoms with Crippen molar-refractivity contribution in [2.24, 2.45) is 5.92 Å². The number of benzene rings is 1. The number of rotatable bonds is 4. The Hall–Kier alpha value is 0.0900. The summed E-state index contributed by atoms with van der Waals surface area (Å²) in [6, 6.07) is 5.25. The van der Waals surface area contributed by atoms with Gasteiger partial charge in [-0.3, -0.25) is 0 Å². The lowest BCUT2D eigenvalue weighted by Crippen LogP contribution is -2.29. The Labute approximate surface area is 131 Å². The zero-order chi connectivity index (χ0) is 14.0. The maximum atomic E-state index is 12.6. The Morgan fingerprint density at radius 2 is 2.11 bits per heavy atom. The van der Waals surface area contributed by atoms with Crippen LogP contribution in [0.25, 0.3) is 0 Å². The predicted molar refractivity (Wildman–Crippen MR) is 83.6 cm³/mol. The van der Waals surface area contributed by atoms with Gasteiger partial charge < -0.3 is 0 Å². The van der Waals surface area contributed by atoms with Crippen molar-refractivity contribution >= 4 is 41.9 Å². The molecule has 0 spiro atoms. The molecule has 1 aliphatic heterocycles. The standard InChI is InChI=1S/C13H17Br2NO2S/c1-2-3-10-6-7-16(9-10)19(17,18)13-8-11(14)4-5-12(13)15/h4-5,8,10H,2-3,6-7,9H2,1H3. The molecule has 1 saturated heterocycles. The third-order valence-electron chi connectivity index (χ3n) is 3.46. The summed E-state index contributed by atoms with van der Waals surface area (Å²) in [7, 11) is -3.39. The van der Waals surface area contributed by atoms with E-state index in [-0.39, 0.29) is 0 Å². The molecule has 0 saturated carbocycles. The van der Waals surface area contributed by atoms with Crippen LogP contribution in [0.5, 0.6) is 0 Å². The van der Waals surface area contributed by atoms with Gasteiger partial charge in [0.15, 0.2) is 0 Å². The van der Waals surface area contributed by atoms with Crippen LogP contribution in [-0.2, 0) is 10.0 Å². The maximum Gasteiger partial charge on any atom is 0.244 e. The highest BCUT2D eigenvalue weighted by molar-refractivity contribution is 9.11. The largest absolute Gasteiger partial charge is 0.244 e. The number of halogens is 2. The molecular weight excluding hydrogens is 394 g/mol. The van der Waals surface area contributed by atoms with Gasteiger partial charge in [0.1, 0.15) is 0 Å². The molecule has 1 atom stereocenters. The minimum Gasteiger partial charge on any atom is -0.207 e. The summed E-state index contributed by atoms with van der Waals surface area (Å²) in [4.78, 5) is 0.346. The fourth-order valence-electron chi connectivity index (χ4n) is 2.47. The summed E-state index contributed by atoms with van der Waals surface area (Å²) in [5.41, 5.74) is 0. The summed E-state index contributed by atoms with van der Waals surface area (Å²) in [6.07, 6.45) is 3.18. The van der Waals surface area contributed by atoms with Gasteiger partial charge in [0.05, 0.1) is 4.90 Å². The fourth-order valence-corrected chi connectivity index (χ4v) is 5.47. The highest BCUT2D eigenvalue weighted by atomic mass is 79.9. The van der Waals surface area contributed by atoms with Crippen LogP contribution < -0.4 is 0 Å². The summed E-state index contributed by atoms with van der Waals surface area (Å²) in [5.74, 6) is 0.505. The van der Waals surface area contributed by atoms with Crippen molar-refractivity contribution in [1.82, 2.24) is 4.31 Å². The van der Waals surface area contributed by atoms with Crippen LogP contribution in [0.15, 0.2) is 32.0 Å². The number of hydrogen-bond donors (Lipinski definition) is 0. The lowest BCUT2D eigenvalue weighted by Gasteiger charge is -2.17. The van der Waals surface area contributed by atoms with Crippen molar-refractivity contribution < 1.29 is 8.42 Å². The van der Waals surface area contributed by atoms with Gasteiger partial charge in [-0.1, -0.05) is 29.3 Å². The Balaban J connectivity index is 2.26. The van der Waals surface area contributed by atoms with E-state index in [0.717, 1.165) is 23.7 Å². The van der Waals surface area contributed by atoms with Crippen molar-refractivity contribution in [3.8, 4) is 0 Å². The van der Waals surface area contributed by atoms with Crippen molar-refractivity contribution in [3.05, 3.63) is 27.1 Å². The van der Waals surface area contributed by atoms with Crippen molar-refractivity contribution in [1.29, 1.82) is 0 Å². The topological polar surface area (TPSA) is 37.4 Å². The van der Waals surface area contributed by atoms with Gasteiger partial charge in [-0.15, -0.1) is 0 Å². The van der Waals surface area contributed by atoms with Crippen molar-refractivity contribution in [3.63, 3.8) is 0 Å². The molecule has 1 unspecified atom stereocenters. The first-order valence-corrected chi connectivity index (χ1v) is 9.43. The molecule has 1 heterocycles. The molecule has 0 aliphatic carbocycles. The molecule has 1 aromatic carbocycles. The average molecular weight is 411 g/mol. The molecule has 0 N–H and O–H groups in total. The molecule has 0 bridgehead atoms. The van der Waals surface area contributed by atoms with Crippen LogP contribution in [0, 0.1) is 5.92 Å². The first-order chi connectivity index (χ1) is 8.95. The third-order valence-corrected chi connectivity index (χ3v) is 6.81. The van der Waals surface area contributed by atoms with Crippen LogP contribution in [-0.4, -0.2) is 25.8 Å². The van der Waals surface area contributed by atoms with Gasteiger partial charge in [-0.2, -0.15) is 4.31 Å². The molecule has 1 aliphatic rings. The maximum absolute atomic E-state index is 12.6. The smallest absolute Gasteiger partial charge is 0.207 e. The Kier molecular flexibility index (Phi) is 5.09. The highest BCUT2D eigenvalue weighted by Gasteiger charge is 2.33. The molecular formula is C13H17Br2NO2S. The first-order valence-electron chi connectivity index (χ1n) is 6.40. The van der Waals surface area contributed by atoms with E-state index >= 15 is 0 Å². The monoisotopic (exact) mass is 409 g/mol. The molecule has 19 heavy (non-hydrogen) atoms. The van der Waals surface area contributed by atoms with E-state index < -0.39 is 10.0 Å². The van der Waals surface area contributed by atoms with Gasteiger partial charge >= 0.3 is 0 Å². The van der Waals surface area contributed by atoms with Crippen LogP contribution in [0.3, 0.4) is 0 Å². The number of sulfonamides is 1. The lowest BCUT2D eigenvalue weighted by atomic mass is 10.0. The summed E-state index contributed by atoms with van der Waals surface area (Å²) >= 11 is 6.66. The fraction of sp³-hybridized carbons (Fsp3) is 0.538. The molecule has 1 aromatic rings. The van der Waals surface area contributed by atoms with Gasteiger partial charge in [0.2, 0.25) is 10.0 Å². The van der Waals surface area contributed by atoms with Gasteiger partial charge in [0.25, 0.3) is 0 Å². The third kappa shape index (κ3) is 3.40. The summed E-state index contributed by atoms with van der Waals surface area (Å²) < 4.78 is 28.3. The second kappa shape index (κ2) is 6.24. The minimum absolute atomic E-state index is 0.346. The molecule has 0 radical (unpaired) electrons. The molecule has 1 fully saturated rings. The number of hydrogen-bond acceptors (Lipinski definition) is 2. The first kappa shape index (κ1) is 15.5. The molecule has 2 rings (SSSR count). The molecule has 3 nitrogen and oxygen atoms in total.